The normalized spacial score (nSPS) is 17.0. The molecule has 24 heavy (non-hydrogen) atoms. The fourth-order valence-corrected chi connectivity index (χ4v) is 2.87. The van der Waals surface area contributed by atoms with Gasteiger partial charge in [-0.15, -0.1) is 0 Å². The Morgan fingerprint density at radius 2 is 1.79 bits per heavy atom. The van der Waals surface area contributed by atoms with E-state index in [1.807, 2.05) is 36.4 Å². The van der Waals surface area contributed by atoms with Crippen molar-refractivity contribution in [1.82, 2.24) is 5.32 Å². The summed E-state index contributed by atoms with van der Waals surface area (Å²) in [5.74, 6) is 0. The summed E-state index contributed by atoms with van der Waals surface area (Å²) in [6, 6.07) is 16.1. The van der Waals surface area contributed by atoms with Crippen LogP contribution in [0.5, 0.6) is 0 Å². The number of ether oxygens (including phenoxy) is 1. The maximum Gasteiger partial charge on any atom is 0.407 e. The van der Waals surface area contributed by atoms with E-state index in [4.69, 9.17) is 9.84 Å². The first-order valence-corrected chi connectivity index (χ1v) is 8.18. The van der Waals surface area contributed by atoms with Crippen LogP contribution in [0.3, 0.4) is 0 Å². The molecule has 0 bridgehead atoms. The second kappa shape index (κ2) is 7.79. The molecule has 0 fully saturated rings. The first-order valence-electron chi connectivity index (χ1n) is 8.18. The minimum atomic E-state index is -0.453. The predicted molar refractivity (Wildman–Crippen MR) is 94.4 cm³/mol. The third-order valence-corrected chi connectivity index (χ3v) is 4.10. The lowest BCUT2D eigenvalue weighted by atomic mass is 9.91. The molecular formula is C20H21NO3. The number of benzene rings is 2. The van der Waals surface area contributed by atoms with Crippen molar-refractivity contribution in [3.8, 4) is 0 Å². The first kappa shape index (κ1) is 16.3. The second-order valence-electron chi connectivity index (χ2n) is 5.76. The molecule has 0 heterocycles. The molecule has 1 atom stereocenters. The lowest BCUT2D eigenvalue weighted by Gasteiger charge is -2.23. The number of alkyl carbamates (subject to hydrolysis) is 1. The number of hydrogen-bond acceptors (Lipinski definition) is 3. The van der Waals surface area contributed by atoms with Gasteiger partial charge in [-0.1, -0.05) is 60.7 Å². The third kappa shape index (κ3) is 3.84. The van der Waals surface area contributed by atoms with E-state index in [1.165, 1.54) is 0 Å². The van der Waals surface area contributed by atoms with E-state index < -0.39 is 6.09 Å². The molecule has 2 aromatic carbocycles. The third-order valence-electron chi connectivity index (χ3n) is 4.10. The van der Waals surface area contributed by atoms with Crippen molar-refractivity contribution in [3.05, 3.63) is 70.8 Å². The van der Waals surface area contributed by atoms with Gasteiger partial charge in [0.05, 0.1) is 0 Å². The van der Waals surface area contributed by atoms with Crippen molar-refractivity contribution in [2.24, 2.45) is 0 Å². The van der Waals surface area contributed by atoms with Crippen molar-refractivity contribution in [1.29, 1.82) is 0 Å². The smallest absolute Gasteiger partial charge is 0.407 e. The van der Waals surface area contributed by atoms with Crippen molar-refractivity contribution < 1.29 is 14.6 Å². The van der Waals surface area contributed by atoms with Gasteiger partial charge in [-0.05, 0) is 23.1 Å². The van der Waals surface area contributed by atoms with Gasteiger partial charge >= 0.3 is 6.09 Å². The molecule has 0 spiro atoms. The average Bonchev–Trinajstić information content (AvgIpc) is 2.59. The molecule has 4 nitrogen and oxygen atoms in total. The number of amides is 1. The summed E-state index contributed by atoms with van der Waals surface area (Å²) >= 11 is 0. The number of fused-ring (bicyclic) bond motifs is 2. The lowest BCUT2D eigenvalue weighted by molar-refractivity contribution is 0.0968. The summed E-state index contributed by atoms with van der Waals surface area (Å²) in [5.41, 5.74) is 4.35. The molecule has 1 aliphatic carbocycles. The fraction of sp³-hybridized carbons (Fsp3) is 0.250. The van der Waals surface area contributed by atoms with Crippen LogP contribution in [0, 0.1) is 0 Å². The summed E-state index contributed by atoms with van der Waals surface area (Å²) < 4.78 is 5.69. The molecule has 0 aliphatic heterocycles. The topological polar surface area (TPSA) is 58.6 Å². The van der Waals surface area contributed by atoms with Gasteiger partial charge in [0.1, 0.15) is 6.10 Å². The Morgan fingerprint density at radius 1 is 1.08 bits per heavy atom. The van der Waals surface area contributed by atoms with Crippen LogP contribution in [0.15, 0.2) is 48.5 Å². The van der Waals surface area contributed by atoms with E-state index in [1.54, 1.807) is 0 Å². The minimum absolute atomic E-state index is 0.0463. The number of carbonyl (C=O) groups excluding carboxylic acids is 1. The molecule has 2 N–H and O–H groups in total. The lowest BCUT2D eigenvalue weighted by Crippen LogP contribution is -2.28. The van der Waals surface area contributed by atoms with Gasteiger partial charge < -0.3 is 15.2 Å². The number of aliphatic hydroxyl groups excluding tert-OH is 1. The monoisotopic (exact) mass is 323 g/mol. The van der Waals surface area contributed by atoms with Gasteiger partial charge in [-0.3, -0.25) is 0 Å². The minimum Gasteiger partial charge on any atom is -0.441 e. The average molecular weight is 323 g/mol. The van der Waals surface area contributed by atoms with Gasteiger partial charge in [-0.25, -0.2) is 4.79 Å². The zero-order chi connectivity index (χ0) is 16.8. The van der Waals surface area contributed by atoms with Crippen molar-refractivity contribution in [2.45, 2.75) is 18.9 Å². The van der Waals surface area contributed by atoms with Crippen LogP contribution in [0.1, 0.15) is 34.8 Å². The van der Waals surface area contributed by atoms with Crippen LogP contribution in [-0.2, 0) is 11.2 Å². The molecule has 0 radical (unpaired) electrons. The molecule has 1 aliphatic rings. The predicted octanol–water partition coefficient (Wildman–Crippen LogP) is 3.56. The van der Waals surface area contributed by atoms with Crippen LogP contribution in [0.4, 0.5) is 4.79 Å². The molecule has 2 aromatic rings. The SMILES string of the molecule is O=C(NCCCO)OC1Cc2ccccc2/C=C\c2ccccc21. The largest absolute Gasteiger partial charge is 0.441 e. The van der Waals surface area contributed by atoms with Crippen molar-refractivity contribution in [3.63, 3.8) is 0 Å². The van der Waals surface area contributed by atoms with Crippen LogP contribution >= 0.6 is 0 Å². The van der Waals surface area contributed by atoms with Gasteiger partial charge in [0.25, 0.3) is 0 Å². The van der Waals surface area contributed by atoms with Crippen molar-refractivity contribution in [2.75, 3.05) is 13.2 Å². The number of rotatable bonds is 4. The van der Waals surface area contributed by atoms with Crippen LogP contribution in [0.2, 0.25) is 0 Å². The van der Waals surface area contributed by atoms with Crippen LogP contribution < -0.4 is 5.32 Å². The zero-order valence-electron chi connectivity index (χ0n) is 13.4. The Hall–Kier alpha value is -2.59. The fourth-order valence-electron chi connectivity index (χ4n) is 2.87. The highest BCUT2D eigenvalue weighted by Gasteiger charge is 2.21. The Morgan fingerprint density at radius 3 is 2.62 bits per heavy atom. The second-order valence-corrected chi connectivity index (χ2v) is 5.76. The summed E-state index contributed by atoms with van der Waals surface area (Å²) in [7, 11) is 0. The van der Waals surface area contributed by atoms with Gasteiger partial charge in [0, 0.05) is 25.1 Å². The Bertz CT molecular complexity index is 739. The number of nitrogens with one attached hydrogen (secondary N) is 1. The molecule has 124 valence electrons. The van der Waals surface area contributed by atoms with Gasteiger partial charge in [0.15, 0.2) is 0 Å². The van der Waals surface area contributed by atoms with E-state index in [2.05, 4.69) is 29.6 Å². The molecule has 4 heteroatoms. The standard InChI is InChI=1S/C20H21NO3/c22-13-5-12-21-20(23)24-19-14-17-8-2-1-6-15(17)10-11-16-7-3-4-9-18(16)19/h1-4,6-11,19,22H,5,12-14H2,(H,21,23)/b11-10-. The summed E-state index contributed by atoms with van der Waals surface area (Å²) in [6.07, 6.45) is 4.51. The highest BCUT2D eigenvalue weighted by molar-refractivity contribution is 5.74. The Balaban J connectivity index is 1.87. The maximum atomic E-state index is 12.1. The van der Waals surface area contributed by atoms with E-state index in [0.29, 0.717) is 19.4 Å². The van der Waals surface area contributed by atoms with Crippen LogP contribution in [-0.4, -0.2) is 24.4 Å². The summed E-state index contributed by atoms with van der Waals surface area (Å²) in [4.78, 5) is 12.1. The van der Waals surface area contributed by atoms with E-state index in [-0.39, 0.29) is 12.7 Å². The highest BCUT2D eigenvalue weighted by atomic mass is 16.6. The molecule has 0 aromatic heterocycles. The number of aliphatic hydroxyl groups is 1. The Labute approximate surface area is 141 Å². The van der Waals surface area contributed by atoms with Gasteiger partial charge in [-0.2, -0.15) is 0 Å². The van der Waals surface area contributed by atoms with Crippen molar-refractivity contribution >= 4 is 18.2 Å². The molecule has 0 saturated heterocycles. The van der Waals surface area contributed by atoms with Gasteiger partial charge in [0.2, 0.25) is 0 Å². The highest BCUT2D eigenvalue weighted by Crippen LogP contribution is 2.31. The maximum absolute atomic E-state index is 12.1. The molecule has 1 unspecified atom stereocenters. The Kier molecular flexibility index (Phi) is 5.29. The van der Waals surface area contributed by atoms with E-state index in [9.17, 15) is 4.79 Å². The number of carbonyl (C=O) groups is 1. The molecular weight excluding hydrogens is 302 g/mol. The van der Waals surface area contributed by atoms with E-state index >= 15 is 0 Å². The van der Waals surface area contributed by atoms with Crippen LogP contribution in [0.25, 0.3) is 12.2 Å². The molecule has 1 amide bonds. The summed E-state index contributed by atoms with van der Waals surface area (Å²) in [6.45, 7) is 0.449. The zero-order valence-corrected chi connectivity index (χ0v) is 13.4. The quantitative estimate of drug-likeness (QED) is 0.846. The molecule has 0 saturated carbocycles. The molecule has 3 rings (SSSR count). The van der Waals surface area contributed by atoms with E-state index in [0.717, 1.165) is 22.3 Å². The first-order chi connectivity index (χ1) is 11.8. The number of hydrogen-bond donors (Lipinski definition) is 2. The summed E-state index contributed by atoms with van der Waals surface area (Å²) in [5, 5.41) is 11.5.